The molecule has 0 aliphatic heterocycles. The number of methoxy groups -OCH3 is 1. The van der Waals surface area contributed by atoms with Gasteiger partial charge in [-0.3, -0.25) is 0 Å². The SMILES string of the molecule is CCC(O)(CC)CNC(=O)Nc1ccccc1COC. The highest BCUT2D eigenvalue weighted by Crippen LogP contribution is 2.16. The van der Waals surface area contributed by atoms with E-state index in [9.17, 15) is 9.90 Å². The Morgan fingerprint density at radius 3 is 2.55 bits per heavy atom. The molecule has 0 aromatic heterocycles. The summed E-state index contributed by atoms with van der Waals surface area (Å²) < 4.78 is 5.09. The molecule has 1 aromatic rings. The van der Waals surface area contributed by atoms with Crippen LogP contribution in [0.4, 0.5) is 10.5 Å². The summed E-state index contributed by atoms with van der Waals surface area (Å²) in [6.45, 7) is 4.47. The fraction of sp³-hybridized carbons (Fsp3) is 0.533. The van der Waals surface area contributed by atoms with Gasteiger partial charge in [0, 0.05) is 24.9 Å². The van der Waals surface area contributed by atoms with Gasteiger partial charge >= 0.3 is 6.03 Å². The first-order chi connectivity index (χ1) is 9.54. The molecule has 3 N–H and O–H groups in total. The molecule has 0 radical (unpaired) electrons. The average molecular weight is 280 g/mol. The van der Waals surface area contributed by atoms with Crippen LogP contribution < -0.4 is 10.6 Å². The summed E-state index contributed by atoms with van der Waals surface area (Å²) in [6.07, 6.45) is 1.20. The fourth-order valence-corrected chi connectivity index (χ4v) is 1.83. The lowest BCUT2D eigenvalue weighted by molar-refractivity contribution is 0.0354. The van der Waals surface area contributed by atoms with Crippen molar-refractivity contribution in [1.29, 1.82) is 0 Å². The first-order valence-corrected chi connectivity index (χ1v) is 6.88. The second-order valence-electron chi connectivity index (χ2n) is 4.83. The molecular formula is C15H24N2O3. The minimum atomic E-state index is -0.844. The number of aliphatic hydroxyl groups is 1. The first-order valence-electron chi connectivity index (χ1n) is 6.88. The maximum absolute atomic E-state index is 11.9. The molecule has 20 heavy (non-hydrogen) atoms. The molecule has 5 heteroatoms. The number of rotatable bonds is 7. The summed E-state index contributed by atoms with van der Waals surface area (Å²) >= 11 is 0. The van der Waals surface area contributed by atoms with Crippen molar-refractivity contribution >= 4 is 11.7 Å². The van der Waals surface area contributed by atoms with Gasteiger partial charge in [-0.2, -0.15) is 0 Å². The lowest BCUT2D eigenvalue weighted by Crippen LogP contribution is -2.43. The number of hydrogen-bond donors (Lipinski definition) is 3. The van der Waals surface area contributed by atoms with E-state index in [1.807, 2.05) is 38.1 Å². The van der Waals surface area contributed by atoms with Crippen LogP contribution in [0.5, 0.6) is 0 Å². The molecule has 0 fully saturated rings. The average Bonchev–Trinajstić information content (AvgIpc) is 2.47. The number of amides is 2. The largest absolute Gasteiger partial charge is 0.388 e. The third-order valence-corrected chi connectivity index (χ3v) is 3.46. The molecule has 0 unspecified atom stereocenters. The second-order valence-corrected chi connectivity index (χ2v) is 4.83. The summed E-state index contributed by atoms with van der Waals surface area (Å²) in [4.78, 5) is 11.9. The van der Waals surface area contributed by atoms with Crippen molar-refractivity contribution < 1.29 is 14.6 Å². The predicted molar refractivity (Wildman–Crippen MR) is 79.7 cm³/mol. The van der Waals surface area contributed by atoms with Crippen LogP contribution >= 0.6 is 0 Å². The lowest BCUT2D eigenvalue weighted by atomic mass is 9.98. The molecule has 0 heterocycles. The normalized spacial score (nSPS) is 11.2. The van der Waals surface area contributed by atoms with Gasteiger partial charge in [0.25, 0.3) is 0 Å². The van der Waals surface area contributed by atoms with E-state index in [2.05, 4.69) is 10.6 Å². The number of para-hydroxylation sites is 1. The number of urea groups is 1. The van der Waals surface area contributed by atoms with Gasteiger partial charge in [0.1, 0.15) is 0 Å². The zero-order chi connectivity index (χ0) is 15.0. The maximum atomic E-state index is 11.9. The van der Waals surface area contributed by atoms with Crippen molar-refractivity contribution in [2.24, 2.45) is 0 Å². The van der Waals surface area contributed by atoms with E-state index in [1.54, 1.807) is 7.11 Å². The predicted octanol–water partition coefficient (Wildman–Crippen LogP) is 2.51. The highest BCUT2D eigenvalue weighted by molar-refractivity contribution is 5.90. The maximum Gasteiger partial charge on any atom is 0.319 e. The molecular weight excluding hydrogens is 256 g/mol. The molecule has 0 bridgehead atoms. The van der Waals surface area contributed by atoms with E-state index >= 15 is 0 Å². The molecule has 0 saturated carbocycles. The number of carbonyl (C=O) groups excluding carboxylic acids is 1. The highest BCUT2D eigenvalue weighted by Gasteiger charge is 2.22. The Labute approximate surface area is 120 Å². The van der Waals surface area contributed by atoms with Crippen LogP contribution in [0, 0.1) is 0 Å². The molecule has 0 aliphatic carbocycles. The summed E-state index contributed by atoms with van der Waals surface area (Å²) in [6, 6.07) is 7.13. The van der Waals surface area contributed by atoms with Crippen LogP contribution in [0.2, 0.25) is 0 Å². The molecule has 5 nitrogen and oxygen atoms in total. The van der Waals surface area contributed by atoms with E-state index in [0.29, 0.717) is 25.1 Å². The Bertz CT molecular complexity index is 431. The van der Waals surface area contributed by atoms with Crippen LogP contribution in [0.1, 0.15) is 32.3 Å². The minimum absolute atomic E-state index is 0.234. The summed E-state index contributed by atoms with van der Waals surface area (Å²) in [7, 11) is 1.61. The quantitative estimate of drug-likeness (QED) is 0.718. The molecule has 112 valence electrons. The number of anilines is 1. The van der Waals surface area contributed by atoms with Gasteiger partial charge in [-0.15, -0.1) is 0 Å². The van der Waals surface area contributed by atoms with Gasteiger partial charge in [0.15, 0.2) is 0 Å². The zero-order valence-electron chi connectivity index (χ0n) is 12.4. The van der Waals surface area contributed by atoms with Crippen molar-refractivity contribution in [2.45, 2.75) is 38.9 Å². The van der Waals surface area contributed by atoms with Crippen molar-refractivity contribution in [3.05, 3.63) is 29.8 Å². The number of nitrogens with one attached hydrogen (secondary N) is 2. The molecule has 1 rings (SSSR count). The third-order valence-electron chi connectivity index (χ3n) is 3.46. The lowest BCUT2D eigenvalue weighted by Gasteiger charge is -2.25. The van der Waals surface area contributed by atoms with E-state index in [-0.39, 0.29) is 12.6 Å². The summed E-state index contributed by atoms with van der Waals surface area (Å²) in [5.74, 6) is 0. The second kappa shape index (κ2) is 7.87. The highest BCUT2D eigenvalue weighted by atomic mass is 16.5. The van der Waals surface area contributed by atoms with Crippen molar-refractivity contribution in [3.63, 3.8) is 0 Å². The molecule has 1 aromatic carbocycles. The number of carbonyl (C=O) groups is 1. The first kappa shape index (κ1) is 16.5. The molecule has 0 saturated heterocycles. The van der Waals surface area contributed by atoms with E-state index < -0.39 is 5.60 Å². The Balaban J connectivity index is 2.58. The van der Waals surface area contributed by atoms with Gasteiger partial charge < -0.3 is 20.5 Å². The van der Waals surface area contributed by atoms with Crippen LogP contribution in [0.25, 0.3) is 0 Å². The molecule has 2 amide bonds. The number of hydrogen-bond acceptors (Lipinski definition) is 3. The smallest absolute Gasteiger partial charge is 0.319 e. The molecule has 0 atom stereocenters. The summed E-state index contributed by atoms with van der Waals surface area (Å²) in [5, 5.41) is 15.6. The van der Waals surface area contributed by atoms with Gasteiger partial charge in [-0.05, 0) is 18.9 Å². The van der Waals surface area contributed by atoms with Gasteiger partial charge in [-0.25, -0.2) is 4.79 Å². The van der Waals surface area contributed by atoms with Crippen LogP contribution in [-0.4, -0.2) is 30.4 Å². The Hall–Kier alpha value is -1.59. The summed E-state index contributed by atoms with van der Waals surface area (Å²) in [5.41, 5.74) is 0.776. The van der Waals surface area contributed by atoms with Crippen LogP contribution in [-0.2, 0) is 11.3 Å². The molecule has 0 aliphatic rings. The monoisotopic (exact) mass is 280 g/mol. The Kier molecular flexibility index (Phi) is 6.48. The Morgan fingerprint density at radius 2 is 1.95 bits per heavy atom. The Morgan fingerprint density at radius 1 is 1.30 bits per heavy atom. The minimum Gasteiger partial charge on any atom is -0.388 e. The van der Waals surface area contributed by atoms with Crippen molar-refractivity contribution in [2.75, 3.05) is 19.0 Å². The fourth-order valence-electron chi connectivity index (χ4n) is 1.83. The zero-order valence-corrected chi connectivity index (χ0v) is 12.4. The third kappa shape index (κ3) is 4.83. The van der Waals surface area contributed by atoms with Crippen LogP contribution in [0.15, 0.2) is 24.3 Å². The van der Waals surface area contributed by atoms with Crippen molar-refractivity contribution in [3.8, 4) is 0 Å². The van der Waals surface area contributed by atoms with Gasteiger partial charge in [0.05, 0.1) is 12.2 Å². The van der Waals surface area contributed by atoms with Gasteiger partial charge in [-0.1, -0.05) is 32.0 Å². The van der Waals surface area contributed by atoms with E-state index in [0.717, 1.165) is 5.56 Å². The van der Waals surface area contributed by atoms with Crippen LogP contribution in [0.3, 0.4) is 0 Å². The van der Waals surface area contributed by atoms with E-state index in [1.165, 1.54) is 0 Å². The van der Waals surface area contributed by atoms with Gasteiger partial charge in [0.2, 0.25) is 0 Å². The van der Waals surface area contributed by atoms with Crippen molar-refractivity contribution in [1.82, 2.24) is 5.32 Å². The number of benzene rings is 1. The number of ether oxygens (including phenoxy) is 1. The standard InChI is InChI=1S/C15H24N2O3/c1-4-15(19,5-2)11-16-14(18)17-13-9-7-6-8-12(13)10-20-3/h6-9,19H,4-5,10-11H2,1-3H3,(H2,16,17,18). The molecule has 0 spiro atoms. The topological polar surface area (TPSA) is 70.6 Å². The van der Waals surface area contributed by atoms with E-state index in [4.69, 9.17) is 4.74 Å².